The molecule has 4 N–H and O–H groups in total. The van der Waals surface area contributed by atoms with Crippen molar-refractivity contribution in [2.75, 3.05) is 22.5 Å². The van der Waals surface area contributed by atoms with Crippen LogP contribution in [0.3, 0.4) is 0 Å². The lowest BCUT2D eigenvalue weighted by Crippen LogP contribution is -2.44. The van der Waals surface area contributed by atoms with Gasteiger partial charge in [0.2, 0.25) is 0 Å². The van der Waals surface area contributed by atoms with E-state index >= 15 is 0 Å². The maximum absolute atomic E-state index is 13.9. The molecule has 0 fully saturated rings. The molecule has 9 heteroatoms. The quantitative estimate of drug-likeness (QED) is 0.673. The Labute approximate surface area is 162 Å². The Balaban J connectivity index is 2.50. The van der Waals surface area contributed by atoms with Crippen molar-refractivity contribution in [1.29, 1.82) is 0 Å². The number of nitrogens with two attached hydrogens (primary N) is 1. The molecule has 2 amide bonds. The molecule has 0 saturated carbocycles. The molecule has 1 aromatic heterocycles. The van der Waals surface area contributed by atoms with E-state index in [0.29, 0.717) is 13.0 Å². The third-order valence-electron chi connectivity index (χ3n) is 4.13. The van der Waals surface area contributed by atoms with Crippen LogP contribution in [0, 0.1) is 11.7 Å². The molecule has 0 bridgehead atoms. The van der Waals surface area contributed by atoms with Gasteiger partial charge >= 0.3 is 11.7 Å². The number of hydrogen-bond acceptors (Lipinski definition) is 4. The number of para-hydroxylation sites is 1. The second-order valence-corrected chi connectivity index (χ2v) is 6.91. The Morgan fingerprint density at radius 1 is 1.32 bits per heavy atom. The van der Waals surface area contributed by atoms with Gasteiger partial charge in [0.15, 0.2) is 5.69 Å². The summed E-state index contributed by atoms with van der Waals surface area (Å²) in [6, 6.07) is 5.00. The number of rotatable bonds is 7. The molecule has 0 atom stereocenters. The van der Waals surface area contributed by atoms with Crippen molar-refractivity contribution in [2.24, 2.45) is 5.92 Å². The number of anilines is 3. The Kier molecular flexibility index (Phi) is 6.97. The number of carbonyl (C=O) groups is 1. The minimum atomic E-state index is -0.764. The average molecular weight is 391 g/mol. The third-order valence-corrected chi connectivity index (χ3v) is 4.13. The van der Waals surface area contributed by atoms with Crippen LogP contribution in [0.2, 0.25) is 0 Å². The second-order valence-electron chi connectivity index (χ2n) is 6.91. The monoisotopic (exact) mass is 391 g/mol. The predicted octanol–water partition coefficient (Wildman–Crippen LogP) is 2.75. The molecular formula is C19H26FN5O3. The smallest absolute Gasteiger partial charge is 0.330 e. The molecule has 2 rings (SSSR count). The van der Waals surface area contributed by atoms with Crippen molar-refractivity contribution < 1.29 is 9.18 Å². The number of H-pyrrole nitrogens is 1. The molecule has 28 heavy (non-hydrogen) atoms. The Morgan fingerprint density at radius 2 is 2.00 bits per heavy atom. The van der Waals surface area contributed by atoms with E-state index < -0.39 is 23.1 Å². The van der Waals surface area contributed by atoms with Crippen LogP contribution in [0.5, 0.6) is 0 Å². The molecule has 2 aromatic rings. The maximum Gasteiger partial charge on any atom is 0.330 e. The van der Waals surface area contributed by atoms with Crippen molar-refractivity contribution in [3.63, 3.8) is 0 Å². The summed E-state index contributed by atoms with van der Waals surface area (Å²) in [6.07, 6.45) is 1.50. The maximum atomic E-state index is 13.9. The topological polar surface area (TPSA) is 113 Å². The summed E-state index contributed by atoms with van der Waals surface area (Å²) in [7, 11) is 0. The van der Waals surface area contributed by atoms with E-state index in [1.807, 2.05) is 20.8 Å². The SMILES string of the molecule is CCCCn1c(N)c(N(CC(C)C)C(=O)Nc2ccccc2F)c(=O)[nH]c1=O. The second kappa shape index (κ2) is 9.20. The molecule has 0 aliphatic carbocycles. The summed E-state index contributed by atoms with van der Waals surface area (Å²) in [6.45, 7) is 6.15. The van der Waals surface area contributed by atoms with Crippen molar-refractivity contribution in [3.8, 4) is 0 Å². The van der Waals surface area contributed by atoms with E-state index in [4.69, 9.17) is 5.73 Å². The largest absolute Gasteiger partial charge is 0.383 e. The molecule has 0 spiro atoms. The number of nitrogens with zero attached hydrogens (tertiary/aromatic N) is 2. The zero-order chi connectivity index (χ0) is 20.8. The van der Waals surface area contributed by atoms with Crippen molar-refractivity contribution in [3.05, 3.63) is 50.9 Å². The van der Waals surface area contributed by atoms with Gasteiger partial charge < -0.3 is 11.1 Å². The minimum Gasteiger partial charge on any atom is -0.383 e. The van der Waals surface area contributed by atoms with Gasteiger partial charge in [0.05, 0.1) is 5.69 Å². The van der Waals surface area contributed by atoms with Gasteiger partial charge in [-0.15, -0.1) is 0 Å². The molecule has 0 saturated heterocycles. The highest BCUT2D eigenvalue weighted by molar-refractivity contribution is 6.03. The number of nitrogen functional groups attached to an aromatic ring is 1. The van der Waals surface area contributed by atoms with E-state index in [9.17, 15) is 18.8 Å². The number of nitrogens with one attached hydrogen (secondary N) is 2. The van der Waals surface area contributed by atoms with Gasteiger partial charge in [0.1, 0.15) is 11.6 Å². The number of aromatic amines is 1. The van der Waals surface area contributed by atoms with Crippen LogP contribution in [0.1, 0.15) is 33.6 Å². The summed E-state index contributed by atoms with van der Waals surface area (Å²) >= 11 is 0. The van der Waals surface area contributed by atoms with Gasteiger partial charge in [-0.1, -0.05) is 39.3 Å². The van der Waals surface area contributed by atoms with Crippen molar-refractivity contribution in [2.45, 2.75) is 40.2 Å². The number of urea groups is 1. The first kappa shape index (κ1) is 21.2. The number of halogens is 1. The first-order chi connectivity index (χ1) is 13.3. The summed E-state index contributed by atoms with van der Waals surface area (Å²) in [5.41, 5.74) is 4.58. The van der Waals surface area contributed by atoms with E-state index in [1.165, 1.54) is 22.8 Å². The molecular weight excluding hydrogens is 365 g/mol. The standard InChI is InChI=1S/C19H26FN5O3/c1-4-5-10-24-16(21)15(17(26)23-19(24)28)25(11-12(2)3)18(27)22-14-9-7-6-8-13(14)20/h6-9,12H,4-5,10-11,21H2,1-3H3,(H,22,27)(H,23,26,28). The fraction of sp³-hybridized carbons (Fsp3) is 0.421. The summed E-state index contributed by atoms with van der Waals surface area (Å²) in [4.78, 5) is 40.8. The minimum absolute atomic E-state index is 0.0128. The first-order valence-electron chi connectivity index (χ1n) is 9.21. The molecule has 152 valence electrons. The Hall–Kier alpha value is -3.10. The lowest BCUT2D eigenvalue weighted by Gasteiger charge is -2.26. The summed E-state index contributed by atoms with van der Waals surface area (Å²) in [5.74, 6) is -0.706. The van der Waals surface area contributed by atoms with Crippen LogP contribution in [0.4, 0.5) is 26.4 Å². The fourth-order valence-corrected chi connectivity index (χ4v) is 2.76. The van der Waals surface area contributed by atoms with Gasteiger partial charge in [0, 0.05) is 13.1 Å². The number of amides is 2. The van der Waals surface area contributed by atoms with Gasteiger partial charge in [-0.3, -0.25) is 19.2 Å². The van der Waals surface area contributed by atoms with E-state index in [-0.39, 0.29) is 29.7 Å². The number of aromatic nitrogens is 2. The molecule has 1 heterocycles. The molecule has 1 aromatic carbocycles. The highest BCUT2D eigenvalue weighted by Crippen LogP contribution is 2.21. The number of benzene rings is 1. The van der Waals surface area contributed by atoms with Crippen LogP contribution in [-0.2, 0) is 6.54 Å². The lowest BCUT2D eigenvalue weighted by molar-refractivity contribution is 0.256. The Bertz CT molecular complexity index is 951. The van der Waals surface area contributed by atoms with Gasteiger partial charge in [0.25, 0.3) is 5.56 Å². The normalized spacial score (nSPS) is 10.9. The van der Waals surface area contributed by atoms with E-state index in [1.54, 1.807) is 6.07 Å². The highest BCUT2D eigenvalue weighted by Gasteiger charge is 2.25. The lowest BCUT2D eigenvalue weighted by atomic mass is 10.2. The molecule has 0 radical (unpaired) electrons. The van der Waals surface area contributed by atoms with Crippen LogP contribution >= 0.6 is 0 Å². The van der Waals surface area contributed by atoms with Crippen LogP contribution in [0.15, 0.2) is 33.9 Å². The molecule has 0 aliphatic heterocycles. The zero-order valence-corrected chi connectivity index (χ0v) is 16.3. The van der Waals surface area contributed by atoms with Crippen LogP contribution in [-0.4, -0.2) is 22.1 Å². The molecule has 8 nitrogen and oxygen atoms in total. The molecule has 0 unspecified atom stereocenters. The van der Waals surface area contributed by atoms with E-state index in [2.05, 4.69) is 10.3 Å². The third kappa shape index (κ3) is 4.79. The fourth-order valence-electron chi connectivity index (χ4n) is 2.76. The number of unbranched alkanes of at least 4 members (excludes halogenated alkanes) is 1. The van der Waals surface area contributed by atoms with Crippen molar-refractivity contribution in [1.82, 2.24) is 9.55 Å². The summed E-state index contributed by atoms with van der Waals surface area (Å²) in [5, 5.41) is 2.46. The predicted molar refractivity (Wildman–Crippen MR) is 108 cm³/mol. The number of carbonyl (C=O) groups excluding carboxylic acids is 1. The molecule has 0 aliphatic rings. The van der Waals surface area contributed by atoms with Gasteiger partial charge in [-0.2, -0.15) is 0 Å². The van der Waals surface area contributed by atoms with Crippen LogP contribution in [0.25, 0.3) is 0 Å². The first-order valence-corrected chi connectivity index (χ1v) is 9.21. The zero-order valence-electron chi connectivity index (χ0n) is 16.3. The Morgan fingerprint density at radius 3 is 2.61 bits per heavy atom. The van der Waals surface area contributed by atoms with Crippen molar-refractivity contribution >= 4 is 23.2 Å². The average Bonchev–Trinajstić information content (AvgIpc) is 2.62. The number of hydrogen-bond donors (Lipinski definition) is 3. The van der Waals surface area contributed by atoms with E-state index in [0.717, 1.165) is 11.3 Å². The van der Waals surface area contributed by atoms with Crippen LogP contribution < -0.4 is 27.2 Å². The summed E-state index contributed by atoms with van der Waals surface area (Å²) < 4.78 is 15.2. The van der Waals surface area contributed by atoms with Gasteiger partial charge in [-0.25, -0.2) is 14.0 Å². The highest BCUT2D eigenvalue weighted by atomic mass is 19.1. The van der Waals surface area contributed by atoms with Gasteiger partial charge in [-0.05, 0) is 24.5 Å².